The molecule has 2 aliphatic rings. The van der Waals surface area contributed by atoms with Crippen molar-refractivity contribution >= 4 is 17.7 Å². The number of halogens is 3. The molecule has 188 valence electrons. The van der Waals surface area contributed by atoms with Crippen molar-refractivity contribution in [2.75, 3.05) is 32.8 Å². The average Bonchev–Trinajstić information content (AvgIpc) is 3.41. The summed E-state index contributed by atoms with van der Waals surface area (Å²) < 4.78 is 65.4. The fraction of sp³-hybridized carbons (Fsp3) is 0.391. The summed E-state index contributed by atoms with van der Waals surface area (Å²) >= 11 is 0. The third-order valence-corrected chi connectivity index (χ3v) is 5.66. The summed E-state index contributed by atoms with van der Waals surface area (Å²) in [7, 11) is 2.97. The third-order valence-electron chi connectivity index (χ3n) is 5.66. The van der Waals surface area contributed by atoms with Gasteiger partial charge in [0.25, 0.3) is 5.91 Å². The summed E-state index contributed by atoms with van der Waals surface area (Å²) in [5, 5.41) is 5.31. The Hall–Kier alpha value is -3.51. The number of anilines is 1. The fourth-order valence-corrected chi connectivity index (χ4v) is 3.92. The largest absolute Gasteiger partial charge is 0.497 e. The van der Waals surface area contributed by atoms with Crippen LogP contribution in [-0.4, -0.2) is 63.8 Å². The number of methoxy groups -OCH3 is 2. The standard InChI is InChI=1S/C23H23F3N2O7/c1-31-15-7-14(8-16(9-15)32-2)27-22(30)35-18-11-34-19-17(10-33-20(18)19)28-21(29)12-3-5-13(6-4-12)23(24,25)26/h3-9,17-20H,10-11H2,1-2H3,(H,27,30)(H,28,29). The highest BCUT2D eigenvalue weighted by atomic mass is 19.4. The number of ether oxygens (including phenoxy) is 5. The zero-order valence-electron chi connectivity index (χ0n) is 18.8. The monoisotopic (exact) mass is 496 g/mol. The molecule has 2 aromatic carbocycles. The molecule has 2 fully saturated rings. The molecule has 2 saturated heterocycles. The minimum absolute atomic E-state index is 0.0524. The number of nitrogens with one attached hydrogen (secondary N) is 2. The molecule has 0 aliphatic carbocycles. The zero-order valence-corrected chi connectivity index (χ0v) is 18.8. The number of rotatable bonds is 6. The van der Waals surface area contributed by atoms with Crippen LogP contribution >= 0.6 is 0 Å². The van der Waals surface area contributed by atoms with Crippen LogP contribution in [-0.2, 0) is 20.4 Å². The smallest absolute Gasteiger partial charge is 0.416 e. The number of amides is 2. The number of alkyl halides is 3. The lowest BCUT2D eigenvalue weighted by molar-refractivity contribution is -0.137. The molecule has 2 amide bonds. The molecular weight excluding hydrogens is 473 g/mol. The summed E-state index contributed by atoms with van der Waals surface area (Å²) in [5.74, 6) is 0.398. The van der Waals surface area contributed by atoms with E-state index < -0.39 is 48.1 Å². The molecule has 2 N–H and O–H groups in total. The van der Waals surface area contributed by atoms with Crippen molar-refractivity contribution in [3.8, 4) is 11.5 Å². The number of carbonyl (C=O) groups is 2. The summed E-state index contributed by atoms with van der Waals surface area (Å²) in [6.45, 7) is 0.146. The molecule has 4 unspecified atom stereocenters. The van der Waals surface area contributed by atoms with Crippen molar-refractivity contribution in [3.63, 3.8) is 0 Å². The van der Waals surface area contributed by atoms with Gasteiger partial charge in [-0.3, -0.25) is 10.1 Å². The molecule has 4 atom stereocenters. The van der Waals surface area contributed by atoms with E-state index in [1.165, 1.54) is 14.2 Å². The van der Waals surface area contributed by atoms with Gasteiger partial charge in [0.15, 0.2) is 6.10 Å². The van der Waals surface area contributed by atoms with E-state index in [9.17, 15) is 22.8 Å². The van der Waals surface area contributed by atoms with E-state index >= 15 is 0 Å². The predicted octanol–water partition coefficient (Wildman–Crippen LogP) is 3.24. The number of fused-ring (bicyclic) bond motifs is 1. The van der Waals surface area contributed by atoms with Crippen LogP contribution in [0.25, 0.3) is 0 Å². The highest BCUT2D eigenvalue weighted by molar-refractivity contribution is 5.94. The Bertz CT molecular complexity index is 1060. The Balaban J connectivity index is 1.32. The van der Waals surface area contributed by atoms with E-state index in [0.717, 1.165) is 24.3 Å². The third kappa shape index (κ3) is 5.60. The van der Waals surface area contributed by atoms with E-state index in [0.29, 0.717) is 17.2 Å². The maximum atomic E-state index is 12.7. The molecule has 0 bridgehead atoms. The second-order valence-corrected chi connectivity index (χ2v) is 7.92. The van der Waals surface area contributed by atoms with E-state index in [4.69, 9.17) is 23.7 Å². The highest BCUT2D eigenvalue weighted by Gasteiger charge is 2.50. The first kappa shape index (κ1) is 24.6. The molecule has 0 radical (unpaired) electrons. The first-order chi connectivity index (χ1) is 16.7. The molecule has 0 aromatic heterocycles. The van der Waals surface area contributed by atoms with Gasteiger partial charge in [-0.15, -0.1) is 0 Å². The van der Waals surface area contributed by atoms with Crippen molar-refractivity contribution in [1.29, 1.82) is 0 Å². The van der Waals surface area contributed by atoms with Crippen LogP contribution in [0.4, 0.5) is 23.7 Å². The van der Waals surface area contributed by atoms with Gasteiger partial charge in [-0.05, 0) is 24.3 Å². The molecule has 2 heterocycles. The molecule has 4 rings (SSSR count). The summed E-state index contributed by atoms with van der Waals surface area (Å²) in [5.41, 5.74) is -0.376. The molecule has 12 heteroatoms. The van der Waals surface area contributed by atoms with Crippen LogP contribution in [0.15, 0.2) is 42.5 Å². The minimum Gasteiger partial charge on any atom is -0.497 e. The first-order valence-electron chi connectivity index (χ1n) is 10.6. The summed E-state index contributed by atoms with van der Waals surface area (Å²) in [6.07, 6.45) is -7.14. The lowest BCUT2D eigenvalue weighted by Crippen LogP contribution is -2.44. The van der Waals surface area contributed by atoms with Gasteiger partial charge in [0.2, 0.25) is 0 Å². The minimum atomic E-state index is -4.49. The number of carbonyl (C=O) groups excluding carboxylic acids is 2. The van der Waals surface area contributed by atoms with E-state index in [2.05, 4.69) is 10.6 Å². The van der Waals surface area contributed by atoms with Crippen LogP contribution in [0.1, 0.15) is 15.9 Å². The Labute approximate surface area is 198 Å². The maximum absolute atomic E-state index is 12.7. The fourth-order valence-electron chi connectivity index (χ4n) is 3.92. The summed E-state index contributed by atoms with van der Waals surface area (Å²) in [6, 6.07) is 8.17. The van der Waals surface area contributed by atoms with Crippen molar-refractivity contribution in [2.24, 2.45) is 0 Å². The van der Waals surface area contributed by atoms with E-state index in [1.807, 2.05) is 0 Å². The molecule has 2 aromatic rings. The second-order valence-electron chi connectivity index (χ2n) is 7.92. The second kappa shape index (κ2) is 10.0. The van der Waals surface area contributed by atoms with Gasteiger partial charge >= 0.3 is 12.3 Å². The van der Waals surface area contributed by atoms with Crippen molar-refractivity contribution in [3.05, 3.63) is 53.6 Å². The molecule has 2 aliphatic heterocycles. The number of benzene rings is 2. The Morgan fingerprint density at radius 1 is 0.943 bits per heavy atom. The van der Waals surface area contributed by atoms with Crippen LogP contribution in [0.2, 0.25) is 0 Å². The molecule has 9 nitrogen and oxygen atoms in total. The van der Waals surface area contributed by atoms with Gasteiger partial charge in [-0.1, -0.05) is 0 Å². The van der Waals surface area contributed by atoms with Crippen LogP contribution < -0.4 is 20.1 Å². The van der Waals surface area contributed by atoms with Crippen molar-refractivity contribution < 1.29 is 46.4 Å². The van der Waals surface area contributed by atoms with Crippen LogP contribution in [0.5, 0.6) is 11.5 Å². The first-order valence-corrected chi connectivity index (χ1v) is 10.6. The van der Waals surface area contributed by atoms with Gasteiger partial charge in [0.05, 0.1) is 44.7 Å². The molecular formula is C23H23F3N2O7. The lowest BCUT2D eigenvalue weighted by atomic mass is 10.1. The zero-order chi connectivity index (χ0) is 25.2. The lowest BCUT2D eigenvalue weighted by Gasteiger charge is -2.18. The SMILES string of the molecule is COc1cc(NC(=O)OC2COC3C(NC(=O)c4ccc(C(F)(F)F)cc4)COC23)cc(OC)c1. The van der Waals surface area contributed by atoms with Crippen molar-refractivity contribution in [1.82, 2.24) is 5.32 Å². The quantitative estimate of drug-likeness (QED) is 0.633. The normalized spacial score (nSPS) is 23.3. The van der Waals surface area contributed by atoms with E-state index in [1.54, 1.807) is 18.2 Å². The highest BCUT2D eigenvalue weighted by Crippen LogP contribution is 2.31. The Morgan fingerprint density at radius 2 is 1.57 bits per heavy atom. The Morgan fingerprint density at radius 3 is 2.17 bits per heavy atom. The molecule has 35 heavy (non-hydrogen) atoms. The molecule has 0 spiro atoms. The van der Waals surface area contributed by atoms with Gasteiger partial charge in [-0.2, -0.15) is 13.2 Å². The van der Waals surface area contributed by atoms with Gasteiger partial charge in [0.1, 0.15) is 23.7 Å². The van der Waals surface area contributed by atoms with Crippen molar-refractivity contribution in [2.45, 2.75) is 30.5 Å². The molecule has 0 saturated carbocycles. The van der Waals surface area contributed by atoms with Crippen LogP contribution in [0, 0.1) is 0 Å². The van der Waals surface area contributed by atoms with Crippen LogP contribution in [0.3, 0.4) is 0 Å². The van der Waals surface area contributed by atoms with Gasteiger partial charge in [0, 0.05) is 23.8 Å². The van der Waals surface area contributed by atoms with E-state index in [-0.39, 0.29) is 18.8 Å². The topological polar surface area (TPSA) is 104 Å². The maximum Gasteiger partial charge on any atom is 0.416 e. The van der Waals surface area contributed by atoms with Gasteiger partial charge in [-0.25, -0.2) is 4.79 Å². The Kier molecular flexibility index (Phi) is 7.03. The number of hydrogen-bond acceptors (Lipinski definition) is 7. The van der Waals surface area contributed by atoms with Gasteiger partial charge < -0.3 is 29.0 Å². The number of hydrogen-bond donors (Lipinski definition) is 2. The predicted molar refractivity (Wildman–Crippen MR) is 116 cm³/mol. The average molecular weight is 496 g/mol. The summed E-state index contributed by atoms with van der Waals surface area (Å²) in [4.78, 5) is 24.9.